The molecule has 0 aromatic heterocycles. The quantitative estimate of drug-likeness (QED) is 0.788. The molecule has 142 valence electrons. The van der Waals surface area contributed by atoms with E-state index >= 15 is 0 Å². The van der Waals surface area contributed by atoms with Crippen LogP contribution in [-0.2, 0) is 16.0 Å². The van der Waals surface area contributed by atoms with E-state index in [0.29, 0.717) is 17.2 Å². The Bertz CT molecular complexity index is 951. The Morgan fingerprint density at radius 2 is 1.79 bits per heavy atom. The van der Waals surface area contributed by atoms with Gasteiger partial charge in [0.2, 0.25) is 11.8 Å². The van der Waals surface area contributed by atoms with Crippen molar-refractivity contribution in [2.24, 2.45) is 17.6 Å². The first kappa shape index (κ1) is 19.4. The molecule has 0 saturated heterocycles. The van der Waals surface area contributed by atoms with Crippen LogP contribution in [0.1, 0.15) is 42.0 Å². The summed E-state index contributed by atoms with van der Waals surface area (Å²) in [6, 6.07) is 17.0. The first-order valence-corrected chi connectivity index (χ1v) is 9.30. The van der Waals surface area contributed by atoms with E-state index in [9.17, 15) is 9.59 Å². The summed E-state index contributed by atoms with van der Waals surface area (Å²) >= 11 is 0. The fourth-order valence-corrected chi connectivity index (χ4v) is 3.53. The van der Waals surface area contributed by atoms with Gasteiger partial charge in [-0.3, -0.25) is 9.59 Å². The van der Waals surface area contributed by atoms with E-state index in [0.717, 1.165) is 17.5 Å². The third-order valence-electron chi connectivity index (χ3n) is 4.89. The number of carbonyl (C=O) groups is 2. The summed E-state index contributed by atoms with van der Waals surface area (Å²) in [5.41, 5.74) is 9.57. The number of hydrogen-bond donors (Lipinski definition) is 2. The van der Waals surface area contributed by atoms with Gasteiger partial charge in [0, 0.05) is 11.6 Å². The number of amides is 2. The van der Waals surface area contributed by atoms with Gasteiger partial charge in [0.15, 0.2) is 0 Å². The lowest BCUT2D eigenvalue weighted by Crippen LogP contribution is -2.44. The number of nitriles is 1. The summed E-state index contributed by atoms with van der Waals surface area (Å²) in [4.78, 5) is 24.6. The summed E-state index contributed by atoms with van der Waals surface area (Å²) in [5, 5.41) is 11.8. The highest BCUT2D eigenvalue weighted by Gasteiger charge is 2.37. The lowest BCUT2D eigenvalue weighted by atomic mass is 9.81. The molecule has 1 aliphatic rings. The Balaban J connectivity index is 1.98. The predicted octanol–water partition coefficient (Wildman–Crippen LogP) is 3.11. The van der Waals surface area contributed by atoms with E-state index in [-0.39, 0.29) is 0 Å². The zero-order valence-electron chi connectivity index (χ0n) is 16.0. The van der Waals surface area contributed by atoms with Crippen LogP contribution in [0.4, 0.5) is 0 Å². The van der Waals surface area contributed by atoms with Crippen molar-refractivity contribution in [1.82, 2.24) is 5.32 Å². The minimum Gasteiger partial charge on any atom is -0.369 e. The van der Waals surface area contributed by atoms with Crippen LogP contribution in [0.2, 0.25) is 0 Å². The molecule has 0 aliphatic carbocycles. The average molecular weight is 373 g/mol. The van der Waals surface area contributed by atoms with Crippen LogP contribution >= 0.6 is 0 Å². The van der Waals surface area contributed by atoms with Crippen LogP contribution in [0, 0.1) is 23.2 Å². The van der Waals surface area contributed by atoms with Gasteiger partial charge in [0.1, 0.15) is 5.92 Å². The number of nitrogens with two attached hydrogens (primary N) is 1. The van der Waals surface area contributed by atoms with Crippen molar-refractivity contribution < 1.29 is 9.59 Å². The highest BCUT2D eigenvalue weighted by Crippen LogP contribution is 2.33. The number of benzene rings is 2. The summed E-state index contributed by atoms with van der Waals surface area (Å²) in [6.45, 7) is 4.34. The van der Waals surface area contributed by atoms with Crippen LogP contribution in [0.15, 0.2) is 54.6 Å². The van der Waals surface area contributed by atoms with E-state index < -0.39 is 23.7 Å². The van der Waals surface area contributed by atoms with Gasteiger partial charge in [-0.1, -0.05) is 56.3 Å². The predicted molar refractivity (Wildman–Crippen MR) is 108 cm³/mol. The van der Waals surface area contributed by atoms with Crippen molar-refractivity contribution in [1.29, 1.82) is 5.26 Å². The number of nitrogens with zero attached hydrogens (tertiary/aromatic N) is 1. The van der Waals surface area contributed by atoms with Gasteiger partial charge in [0.25, 0.3) is 0 Å². The smallest absolute Gasteiger partial charge is 0.237 e. The molecule has 0 fully saturated rings. The summed E-state index contributed by atoms with van der Waals surface area (Å²) in [6.07, 6.45) is 2.86. The molecule has 28 heavy (non-hydrogen) atoms. The number of allylic oxidation sites excluding steroid dienone is 1. The van der Waals surface area contributed by atoms with E-state index in [1.807, 2.05) is 18.2 Å². The molecule has 0 bridgehead atoms. The highest BCUT2D eigenvalue weighted by molar-refractivity contribution is 6.05. The molecule has 2 amide bonds. The molecule has 1 heterocycles. The molecule has 2 aromatic carbocycles. The van der Waals surface area contributed by atoms with E-state index in [4.69, 9.17) is 11.0 Å². The van der Waals surface area contributed by atoms with Crippen LogP contribution in [0.3, 0.4) is 0 Å². The number of carbonyl (C=O) groups excluding carboxylic acids is 2. The maximum atomic E-state index is 12.6. The normalized spacial score (nSPS) is 18.9. The molecule has 2 aromatic rings. The summed E-state index contributed by atoms with van der Waals surface area (Å²) in [7, 11) is 0. The first-order chi connectivity index (χ1) is 13.4. The molecule has 0 spiro atoms. The third kappa shape index (κ3) is 4.12. The zero-order chi connectivity index (χ0) is 20.3. The van der Waals surface area contributed by atoms with E-state index in [1.165, 1.54) is 5.56 Å². The molecule has 1 aliphatic heterocycles. The Hall–Kier alpha value is -3.39. The summed E-state index contributed by atoms with van der Waals surface area (Å²) < 4.78 is 0. The van der Waals surface area contributed by atoms with Crippen molar-refractivity contribution in [3.05, 3.63) is 76.9 Å². The lowest BCUT2D eigenvalue weighted by molar-refractivity contribution is -0.133. The number of rotatable bonds is 5. The van der Waals surface area contributed by atoms with Gasteiger partial charge in [-0.15, -0.1) is 0 Å². The monoisotopic (exact) mass is 373 g/mol. The third-order valence-corrected chi connectivity index (χ3v) is 4.89. The fourth-order valence-electron chi connectivity index (χ4n) is 3.53. The molecule has 3 rings (SSSR count). The van der Waals surface area contributed by atoms with Crippen molar-refractivity contribution >= 4 is 17.5 Å². The van der Waals surface area contributed by atoms with Gasteiger partial charge in [0.05, 0.1) is 11.6 Å². The molecule has 2 atom stereocenters. The standard InChI is InChI=1S/C23H23N3O2/c1-14(2)11-15-3-9-18(10-4-15)20-12-19(21(22(25)27)23(28)26-20)17-7-5-16(13-24)6-8-17/h3-10,12,14,19,21H,11H2,1-2H3,(H2,25,27)(H,26,28)/t19-,21-/m1/s1. The maximum Gasteiger partial charge on any atom is 0.237 e. The molecule has 5 heteroatoms. The first-order valence-electron chi connectivity index (χ1n) is 9.30. The van der Waals surface area contributed by atoms with Crippen LogP contribution < -0.4 is 11.1 Å². The van der Waals surface area contributed by atoms with E-state index in [2.05, 4.69) is 37.4 Å². The number of nitrogens with one attached hydrogen (secondary N) is 1. The Labute approximate surface area is 164 Å². The van der Waals surface area contributed by atoms with Crippen molar-refractivity contribution in [3.8, 4) is 6.07 Å². The zero-order valence-corrected chi connectivity index (χ0v) is 16.0. The summed E-state index contributed by atoms with van der Waals surface area (Å²) in [5.74, 6) is -1.99. The Kier molecular flexibility index (Phi) is 5.60. The van der Waals surface area contributed by atoms with Gasteiger partial charge < -0.3 is 11.1 Å². The topological polar surface area (TPSA) is 96.0 Å². The SMILES string of the molecule is CC(C)Cc1ccc(C2=C[C@H](c3ccc(C#N)cc3)[C@H](C(N)=O)C(=O)N2)cc1. The molecule has 5 nitrogen and oxygen atoms in total. The maximum absolute atomic E-state index is 12.6. The van der Waals surface area contributed by atoms with Gasteiger partial charge >= 0.3 is 0 Å². The van der Waals surface area contributed by atoms with Crippen LogP contribution in [-0.4, -0.2) is 11.8 Å². The van der Waals surface area contributed by atoms with Crippen LogP contribution in [0.25, 0.3) is 5.70 Å². The second-order valence-electron chi connectivity index (χ2n) is 7.50. The minimum absolute atomic E-state index is 0.411. The molecule has 0 saturated carbocycles. The lowest BCUT2D eigenvalue weighted by Gasteiger charge is -2.28. The molecular weight excluding hydrogens is 350 g/mol. The van der Waals surface area contributed by atoms with Crippen molar-refractivity contribution in [2.45, 2.75) is 26.2 Å². The minimum atomic E-state index is -0.989. The van der Waals surface area contributed by atoms with E-state index in [1.54, 1.807) is 24.3 Å². The largest absolute Gasteiger partial charge is 0.369 e. The van der Waals surface area contributed by atoms with Gasteiger partial charge in [-0.25, -0.2) is 0 Å². The van der Waals surface area contributed by atoms with Gasteiger partial charge in [-0.2, -0.15) is 5.26 Å². The number of primary amides is 1. The molecule has 0 radical (unpaired) electrons. The second kappa shape index (κ2) is 8.10. The Morgan fingerprint density at radius 3 is 2.32 bits per heavy atom. The molecular formula is C23H23N3O2. The molecule has 3 N–H and O–H groups in total. The van der Waals surface area contributed by atoms with Crippen molar-refractivity contribution in [3.63, 3.8) is 0 Å². The van der Waals surface area contributed by atoms with Gasteiger partial charge in [-0.05, 0) is 41.2 Å². The fraction of sp³-hybridized carbons (Fsp3) is 0.261. The average Bonchev–Trinajstić information content (AvgIpc) is 2.67. The number of hydrogen-bond acceptors (Lipinski definition) is 3. The molecule has 0 unspecified atom stereocenters. The van der Waals surface area contributed by atoms with Crippen LogP contribution in [0.5, 0.6) is 0 Å². The highest BCUT2D eigenvalue weighted by atomic mass is 16.2. The Morgan fingerprint density at radius 1 is 1.14 bits per heavy atom. The van der Waals surface area contributed by atoms with Crippen molar-refractivity contribution in [2.75, 3.05) is 0 Å². The second-order valence-corrected chi connectivity index (χ2v) is 7.50.